The summed E-state index contributed by atoms with van der Waals surface area (Å²) in [6.07, 6.45) is 2.58. The summed E-state index contributed by atoms with van der Waals surface area (Å²) in [6.45, 7) is 6.73. The predicted molar refractivity (Wildman–Crippen MR) is 60.2 cm³/mol. The number of nitrogens with zero attached hydrogens (tertiary/aromatic N) is 2. The molecule has 2 rings (SSSR count). The molecule has 0 spiro atoms. The molecule has 2 heterocycles. The molecule has 0 saturated carbocycles. The maximum absolute atomic E-state index is 5.61. The van der Waals surface area contributed by atoms with Gasteiger partial charge < -0.3 is 5.73 Å². The topological polar surface area (TPSA) is 42.1 Å². The second-order valence-corrected chi connectivity index (χ2v) is 5.40. The van der Waals surface area contributed by atoms with Crippen LogP contribution in [-0.2, 0) is 6.54 Å². The van der Waals surface area contributed by atoms with E-state index in [2.05, 4.69) is 29.1 Å². The molecule has 1 aliphatic heterocycles. The molecule has 14 heavy (non-hydrogen) atoms. The minimum Gasteiger partial charge on any atom is -0.375 e. The fraction of sp³-hybridized carbons (Fsp3) is 0.700. The zero-order chi connectivity index (χ0) is 10.2. The number of aromatic nitrogens is 1. The maximum Gasteiger partial charge on any atom is 0.180 e. The molecule has 2 N–H and O–H groups in total. The molecule has 1 aromatic rings. The van der Waals surface area contributed by atoms with Crippen molar-refractivity contribution >= 4 is 16.5 Å². The van der Waals surface area contributed by atoms with Crippen molar-refractivity contribution in [1.29, 1.82) is 0 Å². The van der Waals surface area contributed by atoms with Gasteiger partial charge in [0.15, 0.2) is 5.13 Å². The molecule has 1 aliphatic rings. The number of rotatable bonds is 2. The van der Waals surface area contributed by atoms with E-state index >= 15 is 0 Å². The monoisotopic (exact) mass is 211 g/mol. The third kappa shape index (κ3) is 1.91. The molecule has 1 saturated heterocycles. The Labute approximate surface area is 88.9 Å². The summed E-state index contributed by atoms with van der Waals surface area (Å²) in [6, 6.07) is 0. The number of anilines is 1. The van der Waals surface area contributed by atoms with Crippen molar-refractivity contribution in [3.63, 3.8) is 0 Å². The second-order valence-electron chi connectivity index (χ2n) is 4.51. The standard InChI is InChI=1S/C10H17N3S/c1-10(2)4-3-5-13(10)6-8-7-14-9(11)12-8/h7H,3-6H2,1-2H3,(H2,11,12). The Hall–Kier alpha value is -0.610. The van der Waals surface area contributed by atoms with Gasteiger partial charge in [-0.2, -0.15) is 0 Å². The van der Waals surface area contributed by atoms with Gasteiger partial charge in [-0.1, -0.05) is 0 Å². The van der Waals surface area contributed by atoms with Gasteiger partial charge in [0.1, 0.15) is 0 Å². The van der Waals surface area contributed by atoms with E-state index in [1.54, 1.807) is 0 Å². The van der Waals surface area contributed by atoms with Crippen molar-refractivity contribution in [3.05, 3.63) is 11.1 Å². The molecule has 0 radical (unpaired) electrons. The fourth-order valence-electron chi connectivity index (χ4n) is 2.05. The highest BCUT2D eigenvalue weighted by Crippen LogP contribution is 2.29. The molecule has 1 fully saturated rings. The highest BCUT2D eigenvalue weighted by Gasteiger charge is 2.31. The second kappa shape index (κ2) is 3.51. The van der Waals surface area contributed by atoms with Crippen LogP contribution in [0.5, 0.6) is 0 Å². The summed E-state index contributed by atoms with van der Waals surface area (Å²) in [7, 11) is 0. The van der Waals surface area contributed by atoms with Crippen LogP contribution in [0.4, 0.5) is 5.13 Å². The van der Waals surface area contributed by atoms with E-state index in [1.165, 1.54) is 30.7 Å². The Morgan fingerprint density at radius 2 is 2.43 bits per heavy atom. The minimum atomic E-state index is 0.332. The zero-order valence-corrected chi connectivity index (χ0v) is 9.60. The molecule has 0 bridgehead atoms. The molecule has 0 aliphatic carbocycles. The van der Waals surface area contributed by atoms with Crippen LogP contribution in [0, 0.1) is 0 Å². The van der Waals surface area contributed by atoms with Gasteiger partial charge in [0.25, 0.3) is 0 Å². The lowest BCUT2D eigenvalue weighted by molar-refractivity contribution is 0.165. The van der Waals surface area contributed by atoms with Gasteiger partial charge in [-0.25, -0.2) is 4.98 Å². The van der Waals surface area contributed by atoms with Crippen molar-refractivity contribution in [2.45, 2.75) is 38.8 Å². The predicted octanol–water partition coefficient (Wildman–Crippen LogP) is 2.10. The molecule has 0 aromatic carbocycles. The summed E-state index contributed by atoms with van der Waals surface area (Å²) >= 11 is 1.53. The summed E-state index contributed by atoms with van der Waals surface area (Å²) in [5.41, 5.74) is 7.05. The average Bonchev–Trinajstić information content (AvgIpc) is 2.61. The number of likely N-dealkylation sites (tertiary alicyclic amines) is 1. The summed E-state index contributed by atoms with van der Waals surface area (Å²) in [5, 5.41) is 2.74. The zero-order valence-electron chi connectivity index (χ0n) is 8.79. The van der Waals surface area contributed by atoms with Crippen LogP contribution in [0.25, 0.3) is 0 Å². The largest absolute Gasteiger partial charge is 0.375 e. The van der Waals surface area contributed by atoms with Gasteiger partial charge >= 0.3 is 0 Å². The Bertz CT molecular complexity index is 319. The molecular formula is C10H17N3S. The van der Waals surface area contributed by atoms with Crippen molar-refractivity contribution in [2.24, 2.45) is 0 Å². The molecule has 78 valence electrons. The van der Waals surface area contributed by atoms with Crippen LogP contribution >= 0.6 is 11.3 Å². The van der Waals surface area contributed by atoms with Crippen molar-refractivity contribution in [1.82, 2.24) is 9.88 Å². The summed E-state index contributed by atoms with van der Waals surface area (Å²) in [4.78, 5) is 6.78. The average molecular weight is 211 g/mol. The van der Waals surface area contributed by atoms with Gasteiger partial charge in [0.05, 0.1) is 5.69 Å². The molecule has 0 unspecified atom stereocenters. The van der Waals surface area contributed by atoms with Crippen LogP contribution in [0.2, 0.25) is 0 Å². The minimum absolute atomic E-state index is 0.332. The molecule has 0 amide bonds. The van der Waals surface area contributed by atoms with Crippen LogP contribution < -0.4 is 5.73 Å². The van der Waals surface area contributed by atoms with E-state index in [4.69, 9.17) is 5.73 Å². The smallest absolute Gasteiger partial charge is 0.180 e. The summed E-state index contributed by atoms with van der Waals surface area (Å²) < 4.78 is 0. The first-order valence-electron chi connectivity index (χ1n) is 5.03. The third-order valence-electron chi connectivity index (χ3n) is 3.00. The van der Waals surface area contributed by atoms with E-state index in [1.807, 2.05) is 0 Å². The molecule has 3 nitrogen and oxygen atoms in total. The molecule has 4 heteroatoms. The van der Waals surface area contributed by atoms with E-state index in [0.29, 0.717) is 10.7 Å². The van der Waals surface area contributed by atoms with E-state index in [9.17, 15) is 0 Å². The first-order chi connectivity index (χ1) is 6.58. The lowest BCUT2D eigenvalue weighted by Gasteiger charge is -2.30. The number of nitrogens with two attached hydrogens (primary N) is 1. The number of thiazole rings is 1. The van der Waals surface area contributed by atoms with Crippen molar-refractivity contribution in [3.8, 4) is 0 Å². The Morgan fingerprint density at radius 3 is 2.93 bits per heavy atom. The van der Waals surface area contributed by atoms with E-state index < -0.39 is 0 Å². The van der Waals surface area contributed by atoms with Crippen LogP contribution in [-0.4, -0.2) is 22.0 Å². The molecule has 0 atom stereocenters. The summed E-state index contributed by atoms with van der Waals surface area (Å²) in [5.74, 6) is 0. The Balaban J connectivity index is 2.04. The van der Waals surface area contributed by atoms with E-state index in [0.717, 1.165) is 12.2 Å². The highest BCUT2D eigenvalue weighted by atomic mass is 32.1. The number of nitrogen functional groups attached to an aromatic ring is 1. The normalized spacial score (nSPS) is 21.6. The van der Waals surface area contributed by atoms with E-state index in [-0.39, 0.29) is 0 Å². The van der Waals surface area contributed by atoms with Gasteiger partial charge in [0, 0.05) is 17.5 Å². The van der Waals surface area contributed by atoms with Crippen LogP contribution in [0.1, 0.15) is 32.4 Å². The lowest BCUT2D eigenvalue weighted by Crippen LogP contribution is -2.37. The first-order valence-corrected chi connectivity index (χ1v) is 5.91. The highest BCUT2D eigenvalue weighted by molar-refractivity contribution is 7.13. The number of hydrogen-bond acceptors (Lipinski definition) is 4. The van der Waals surface area contributed by atoms with Crippen molar-refractivity contribution in [2.75, 3.05) is 12.3 Å². The molecule has 1 aromatic heterocycles. The first kappa shape index (κ1) is 9.93. The quantitative estimate of drug-likeness (QED) is 0.814. The molecular weight excluding hydrogens is 194 g/mol. The van der Waals surface area contributed by atoms with Gasteiger partial charge in [-0.05, 0) is 33.2 Å². The number of hydrogen-bond donors (Lipinski definition) is 1. The lowest BCUT2D eigenvalue weighted by atomic mass is 10.0. The maximum atomic E-state index is 5.61. The van der Waals surface area contributed by atoms with Crippen LogP contribution in [0.3, 0.4) is 0 Å². The Kier molecular flexibility index (Phi) is 2.49. The third-order valence-corrected chi connectivity index (χ3v) is 3.72. The van der Waals surface area contributed by atoms with Gasteiger partial charge in [-0.15, -0.1) is 11.3 Å². The SMILES string of the molecule is CC1(C)CCCN1Cc1csc(N)n1. The van der Waals surface area contributed by atoms with Crippen LogP contribution in [0.15, 0.2) is 5.38 Å². The van der Waals surface area contributed by atoms with Gasteiger partial charge in [-0.3, -0.25) is 4.90 Å². The van der Waals surface area contributed by atoms with Gasteiger partial charge in [0.2, 0.25) is 0 Å². The van der Waals surface area contributed by atoms with Crippen molar-refractivity contribution < 1.29 is 0 Å². The fourth-order valence-corrected chi connectivity index (χ4v) is 2.60. The Morgan fingerprint density at radius 1 is 1.64 bits per heavy atom.